The summed E-state index contributed by atoms with van der Waals surface area (Å²) in [7, 11) is 1.84. The van der Waals surface area contributed by atoms with Crippen molar-refractivity contribution in [3.63, 3.8) is 0 Å². The number of piperidine rings is 1. The monoisotopic (exact) mass is 257 g/mol. The summed E-state index contributed by atoms with van der Waals surface area (Å²) in [6, 6.07) is 7.90. The van der Waals surface area contributed by atoms with E-state index in [1.807, 2.05) is 37.5 Å². The molecule has 100 valence electrons. The molecule has 4 nitrogen and oxygen atoms in total. The normalized spacial score (nSPS) is 24.2. The highest BCUT2D eigenvalue weighted by Gasteiger charge is 2.31. The van der Waals surface area contributed by atoms with Crippen LogP contribution in [0.15, 0.2) is 29.3 Å². The van der Waals surface area contributed by atoms with E-state index in [4.69, 9.17) is 0 Å². The van der Waals surface area contributed by atoms with Crippen LogP contribution in [0.2, 0.25) is 0 Å². The lowest BCUT2D eigenvalue weighted by atomic mass is 10.1. The van der Waals surface area contributed by atoms with E-state index in [1.54, 1.807) is 4.90 Å². The molecule has 0 saturated carbocycles. The second-order valence-electron chi connectivity index (χ2n) is 5.20. The van der Waals surface area contributed by atoms with Gasteiger partial charge in [-0.3, -0.25) is 14.7 Å². The Morgan fingerprint density at radius 3 is 2.68 bits per heavy atom. The summed E-state index contributed by atoms with van der Waals surface area (Å²) in [5, 5.41) is 0. The first-order valence-electron chi connectivity index (χ1n) is 6.91. The lowest BCUT2D eigenvalue weighted by Crippen LogP contribution is -2.48. The maximum absolute atomic E-state index is 12.6. The zero-order chi connectivity index (χ0) is 13.2. The molecule has 1 atom stereocenters. The number of likely N-dealkylation sites (tertiary alicyclic amines) is 1. The third-order valence-corrected chi connectivity index (χ3v) is 3.94. The van der Waals surface area contributed by atoms with Gasteiger partial charge in [-0.2, -0.15) is 0 Å². The summed E-state index contributed by atoms with van der Waals surface area (Å²) in [5.41, 5.74) is 1.95. The summed E-state index contributed by atoms with van der Waals surface area (Å²) in [5.74, 6) is 0.0723. The van der Waals surface area contributed by atoms with E-state index < -0.39 is 0 Å². The first-order chi connectivity index (χ1) is 9.27. The van der Waals surface area contributed by atoms with Crippen molar-refractivity contribution in [1.82, 2.24) is 4.90 Å². The average molecular weight is 257 g/mol. The number of likely N-dealkylation sites (N-methyl/N-ethyl adjacent to an activating group) is 1. The Bertz CT molecular complexity index is 506. The lowest BCUT2D eigenvalue weighted by Gasteiger charge is -2.32. The van der Waals surface area contributed by atoms with Crippen molar-refractivity contribution >= 4 is 17.8 Å². The van der Waals surface area contributed by atoms with E-state index in [0.717, 1.165) is 37.2 Å². The Hall–Kier alpha value is -1.68. The molecule has 1 amide bonds. The minimum Gasteiger partial charge on any atom is -0.312 e. The smallest absolute Gasteiger partial charge is 0.266 e. The number of anilines is 1. The van der Waals surface area contributed by atoms with Gasteiger partial charge in [-0.1, -0.05) is 24.6 Å². The van der Waals surface area contributed by atoms with Crippen LogP contribution < -0.4 is 4.90 Å². The third-order valence-electron chi connectivity index (χ3n) is 3.94. The predicted octanol–water partition coefficient (Wildman–Crippen LogP) is 1.89. The summed E-state index contributed by atoms with van der Waals surface area (Å²) in [6.45, 7) is 1.94. The van der Waals surface area contributed by atoms with Crippen molar-refractivity contribution in [3.05, 3.63) is 29.8 Å². The molecule has 1 aromatic carbocycles. The Kier molecular flexibility index (Phi) is 3.34. The molecule has 0 aromatic heterocycles. The summed E-state index contributed by atoms with van der Waals surface area (Å²) < 4.78 is 0. The van der Waals surface area contributed by atoms with Gasteiger partial charge in [-0.25, -0.2) is 0 Å². The third kappa shape index (κ3) is 2.28. The predicted molar refractivity (Wildman–Crippen MR) is 76.7 cm³/mol. The number of aliphatic imine (C=N–C) groups is 1. The number of amides is 1. The van der Waals surface area contributed by atoms with Gasteiger partial charge >= 0.3 is 0 Å². The number of benzene rings is 1. The van der Waals surface area contributed by atoms with Crippen LogP contribution in [0.4, 0.5) is 5.69 Å². The number of rotatable bonds is 1. The number of hydrogen-bond acceptors (Lipinski definition) is 3. The van der Waals surface area contributed by atoms with Gasteiger partial charge in [-0.05, 0) is 18.9 Å². The zero-order valence-corrected chi connectivity index (χ0v) is 11.2. The topological polar surface area (TPSA) is 35.9 Å². The highest BCUT2D eigenvalue weighted by atomic mass is 16.2. The van der Waals surface area contributed by atoms with E-state index in [1.165, 1.54) is 6.42 Å². The molecular formula is C15H19N3O. The zero-order valence-electron chi connectivity index (χ0n) is 11.2. The van der Waals surface area contributed by atoms with Gasteiger partial charge in [-0.15, -0.1) is 0 Å². The maximum Gasteiger partial charge on any atom is 0.266 e. The number of fused-ring (bicyclic) bond motifs is 1. The summed E-state index contributed by atoms with van der Waals surface area (Å²) in [4.78, 5) is 21.0. The van der Waals surface area contributed by atoms with Crippen molar-refractivity contribution < 1.29 is 4.79 Å². The molecule has 2 heterocycles. The van der Waals surface area contributed by atoms with Crippen LogP contribution in [0.3, 0.4) is 0 Å². The molecule has 0 N–H and O–H groups in total. The molecule has 0 aliphatic carbocycles. The van der Waals surface area contributed by atoms with Crippen molar-refractivity contribution in [1.29, 1.82) is 0 Å². The van der Waals surface area contributed by atoms with Gasteiger partial charge < -0.3 is 4.90 Å². The Morgan fingerprint density at radius 2 is 1.89 bits per heavy atom. The highest BCUT2D eigenvalue weighted by molar-refractivity contribution is 6.04. The minimum atomic E-state index is -0.349. The largest absolute Gasteiger partial charge is 0.312 e. The van der Waals surface area contributed by atoms with E-state index in [2.05, 4.69) is 9.89 Å². The molecule has 0 bridgehead atoms. The second kappa shape index (κ2) is 5.13. The second-order valence-corrected chi connectivity index (χ2v) is 5.20. The average Bonchev–Trinajstić information content (AvgIpc) is 2.59. The fraction of sp³-hybridized carbons (Fsp3) is 0.467. The van der Waals surface area contributed by atoms with Gasteiger partial charge in [0, 0.05) is 31.9 Å². The van der Waals surface area contributed by atoms with Gasteiger partial charge in [0.05, 0.1) is 5.69 Å². The molecule has 0 spiro atoms. The van der Waals surface area contributed by atoms with E-state index in [9.17, 15) is 4.79 Å². The van der Waals surface area contributed by atoms with E-state index in [-0.39, 0.29) is 12.1 Å². The molecule has 2 aliphatic rings. The van der Waals surface area contributed by atoms with Gasteiger partial charge in [0.2, 0.25) is 0 Å². The number of hydrogen-bond donors (Lipinski definition) is 0. The fourth-order valence-corrected chi connectivity index (χ4v) is 2.82. The first kappa shape index (κ1) is 12.4. The van der Waals surface area contributed by atoms with Crippen LogP contribution in [0.25, 0.3) is 0 Å². The molecule has 1 saturated heterocycles. The number of nitrogens with zero attached hydrogens (tertiary/aromatic N) is 3. The molecule has 4 heteroatoms. The van der Waals surface area contributed by atoms with Crippen LogP contribution in [-0.2, 0) is 4.79 Å². The van der Waals surface area contributed by atoms with Gasteiger partial charge in [0.1, 0.15) is 0 Å². The lowest BCUT2D eigenvalue weighted by molar-refractivity contribution is -0.123. The Balaban J connectivity index is 1.91. The number of benzodiazepines with no additional fused rings is 1. The van der Waals surface area contributed by atoms with Crippen molar-refractivity contribution in [2.45, 2.75) is 25.4 Å². The molecule has 1 aromatic rings. The highest BCUT2D eigenvalue weighted by Crippen LogP contribution is 2.24. The standard InChI is InChI=1S/C15H19N3O/c1-17-13-8-4-3-7-12(13)11-16-14(15(17)19)18-9-5-2-6-10-18/h3-4,7-8,11,14H,2,5-6,9-10H2,1H3/t14-/m1/s1. The number of carbonyl (C=O) groups is 1. The molecule has 2 aliphatic heterocycles. The van der Waals surface area contributed by atoms with Crippen molar-refractivity contribution in [2.24, 2.45) is 4.99 Å². The minimum absolute atomic E-state index is 0.0723. The van der Waals surface area contributed by atoms with Crippen LogP contribution >= 0.6 is 0 Å². The first-order valence-corrected chi connectivity index (χ1v) is 6.91. The van der Waals surface area contributed by atoms with E-state index in [0.29, 0.717) is 0 Å². The molecule has 3 rings (SSSR count). The van der Waals surface area contributed by atoms with Crippen molar-refractivity contribution in [2.75, 3.05) is 25.0 Å². The Morgan fingerprint density at radius 1 is 1.16 bits per heavy atom. The molecule has 0 radical (unpaired) electrons. The number of carbonyl (C=O) groups excluding carboxylic acids is 1. The quantitative estimate of drug-likeness (QED) is 0.770. The van der Waals surface area contributed by atoms with Crippen LogP contribution in [0, 0.1) is 0 Å². The maximum atomic E-state index is 12.6. The number of para-hydroxylation sites is 1. The van der Waals surface area contributed by atoms with Crippen LogP contribution in [0.1, 0.15) is 24.8 Å². The van der Waals surface area contributed by atoms with Gasteiger partial charge in [0.25, 0.3) is 5.91 Å². The summed E-state index contributed by atoms with van der Waals surface area (Å²) >= 11 is 0. The van der Waals surface area contributed by atoms with Crippen molar-refractivity contribution in [3.8, 4) is 0 Å². The molecule has 1 fully saturated rings. The Labute approximate surface area is 113 Å². The molecular weight excluding hydrogens is 238 g/mol. The summed E-state index contributed by atoms with van der Waals surface area (Å²) in [6.07, 6.45) is 5.08. The van der Waals surface area contributed by atoms with Crippen LogP contribution in [0.5, 0.6) is 0 Å². The van der Waals surface area contributed by atoms with Crippen LogP contribution in [-0.4, -0.2) is 43.3 Å². The van der Waals surface area contributed by atoms with Gasteiger partial charge in [0.15, 0.2) is 6.17 Å². The van der Waals surface area contributed by atoms with E-state index >= 15 is 0 Å². The molecule has 0 unspecified atom stereocenters. The SMILES string of the molecule is CN1C(=O)[C@@H](N2CCCCC2)N=Cc2ccccc21. The fourth-order valence-electron chi connectivity index (χ4n) is 2.82. The molecule has 19 heavy (non-hydrogen) atoms.